The lowest BCUT2D eigenvalue weighted by molar-refractivity contribution is -0.384. The fourth-order valence-electron chi connectivity index (χ4n) is 2.09. The van der Waals surface area contributed by atoms with Crippen molar-refractivity contribution in [3.63, 3.8) is 0 Å². The third-order valence-electron chi connectivity index (χ3n) is 3.36. The monoisotopic (exact) mass is 385 g/mol. The van der Waals surface area contributed by atoms with E-state index < -0.39 is 10.8 Å². The van der Waals surface area contributed by atoms with Crippen molar-refractivity contribution in [1.82, 2.24) is 25.6 Å². The number of nitro groups is 1. The van der Waals surface area contributed by atoms with Crippen LogP contribution in [0.4, 0.5) is 5.69 Å². The number of hydrogen-bond acceptors (Lipinski definition) is 7. The molecule has 0 fully saturated rings. The summed E-state index contributed by atoms with van der Waals surface area (Å²) in [7, 11) is 0. The first-order valence-corrected chi connectivity index (χ1v) is 8.00. The van der Waals surface area contributed by atoms with Crippen LogP contribution in [0.3, 0.4) is 0 Å². The second kappa shape index (κ2) is 8.15. The van der Waals surface area contributed by atoms with Gasteiger partial charge in [0, 0.05) is 17.7 Å². The number of halogens is 1. The molecule has 27 heavy (non-hydrogen) atoms. The third kappa shape index (κ3) is 4.70. The molecule has 3 aromatic rings. The highest BCUT2D eigenvalue weighted by atomic mass is 35.5. The Kier molecular flexibility index (Phi) is 5.47. The van der Waals surface area contributed by atoms with Crippen molar-refractivity contribution in [2.75, 3.05) is 0 Å². The predicted molar refractivity (Wildman–Crippen MR) is 97.1 cm³/mol. The first-order chi connectivity index (χ1) is 13.0. The van der Waals surface area contributed by atoms with Gasteiger partial charge in [0.15, 0.2) is 0 Å². The number of hydrogen-bond donors (Lipinski definition) is 1. The second-order valence-corrected chi connectivity index (χ2v) is 5.67. The van der Waals surface area contributed by atoms with E-state index in [1.807, 2.05) is 0 Å². The van der Waals surface area contributed by atoms with Gasteiger partial charge in [-0.1, -0.05) is 23.7 Å². The Morgan fingerprint density at radius 2 is 2.00 bits per heavy atom. The van der Waals surface area contributed by atoms with E-state index in [0.29, 0.717) is 22.0 Å². The van der Waals surface area contributed by atoms with E-state index in [1.165, 1.54) is 30.5 Å². The summed E-state index contributed by atoms with van der Waals surface area (Å²) in [4.78, 5) is 23.1. The molecule has 1 amide bonds. The van der Waals surface area contributed by atoms with Crippen LogP contribution < -0.4 is 5.43 Å². The Morgan fingerprint density at radius 3 is 2.70 bits per heavy atom. The first-order valence-electron chi connectivity index (χ1n) is 7.62. The largest absolute Gasteiger partial charge is 0.271 e. The average Bonchev–Trinajstić information content (AvgIpc) is 3.10. The van der Waals surface area contributed by atoms with Crippen molar-refractivity contribution in [1.29, 1.82) is 0 Å². The van der Waals surface area contributed by atoms with Gasteiger partial charge in [-0.25, -0.2) is 5.43 Å². The summed E-state index contributed by atoms with van der Waals surface area (Å²) in [5, 5.41) is 26.6. The van der Waals surface area contributed by atoms with Crippen LogP contribution in [0.5, 0.6) is 0 Å². The summed E-state index contributed by atoms with van der Waals surface area (Å²) >= 11 is 6.07. The van der Waals surface area contributed by atoms with Gasteiger partial charge in [0.05, 0.1) is 16.2 Å². The Morgan fingerprint density at radius 1 is 1.26 bits per heavy atom. The van der Waals surface area contributed by atoms with Crippen LogP contribution in [0.2, 0.25) is 5.02 Å². The maximum absolute atomic E-state index is 11.9. The molecule has 1 heterocycles. The molecule has 0 aliphatic rings. The van der Waals surface area contributed by atoms with Gasteiger partial charge in [0.1, 0.15) is 6.54 Å². The second-order valence-electron chi connectivity index (χ2n) is 5.27. The van der Waals surface area contributed by atoms with E-state index in [-0.39, 0.29) is 12.2 Å². The van der Waals surface area contributed by atoms with Crippen LogP contribution >= 0.6 is 11.6 Å². The smallest absolute Gasteiger partial charge is 0.269 e. The van der Waals surface area contributed by atoms with E-state index >= 15 is 0 Å². The lowest BCUT2D eigenvalue weighted by Gasteiger charge is -1.99. The molecule has 0 radical (unpaired) electrons. The van der Waals surface area contributed by atoms with Crippen molar-refractivity contribution < 1.29 is 9.72 Å². The van der Waals surface area contributed by atoms with Crippen LogP contribution in [0, 0.1) is 10.1 Å². The fraction of sp³-hybridized carbons (Fsp3) is 0.0625. The van der Waals surface area contributed by atoms with Gasteiger partial charge in [-0.15, -0.1) is 10.2 Å². The highest BCUT2D eigenvalue weighted by Gasteiger charge is 2.11. The Bertz CT molecular complexity index is 1000. The van der Waals surface area contributed by atoms with Crippen LogP contribution in [-0.4, -0.2) is 37.3 Å². The van der Waals surface area contributed by atoms with E-state index in [4.69, 9.17) is 11.6 Å². The third-order valence-corrected chi connectivity index (χ3v) is 3.69. The first kappa shape index (κ1) is 18.1. The van der Waals surface area contributed by atoms with Gasteiger partial charge in [0.2, 0.25) is 5.82 Å². The maximum atomic E-state index is 11.9. The number of non-ortho nitro benzene ring substituents is 1. The standard InChI is InChI=1S/C16H12ClN7O3/c17-14-4-2-1-3-13(14)16-20-22-23(21-16)10-15(25)19-18-9-11-5-7-12(8-6-11)24(26)27/h1-9H,10H2,(H,19,25). The summed E-state index contributed by atoms with van der Waals surface area (Å²) in [5.74, 6) is -0.154. The molecule has 0 spiro atoms. The minimum atomic E-state index is -0.495. The number of hydrazone groups is 1. The summed E-state index contributed by atoms with van der Waals surface area (Å²) in [6, 6.07) is 12.8. The number of nitro benzene ring substituents is 1. The van der Waals surface area contributed by atoms with Crippen LogP contribution in [0.25, 0.3) is 11.4 Å². The van der Waals surface area contributed by atoms with Crippen molar-refractivity contribution >= 4 is 29.4 Å². The average molecular weight is 386 g/mol. The van der Waals surface area contributed by atoms with Gasteiger partial charge >= 0.3 is 0 Å². The van der Waals surface area contributed by atoms with Gasteiger partial charge < -0.3 is 0 Å². The zero-order valence-corrected chi connectivity index (χ0v) is 14.4. The molecule has 136 valence electrons. The number of amides is 1. The Labute approximate surface area is 157 Å². The number of rotatable bonds is 6. The molecule has 0 atom stereocenters. The molecule has 0 bridgehead atoms. The Balaban J connectivity index is 1.57. The van der Waals surface area contributed by atoms with Crippen LogP contribution in [0.1, 0.15) is 5.56 Å². The molecule has 0 saturated carbocycles. The number of nitrogens with one attached hydrogen (secondary N) is 1. The molecule has 1 N–H and O–H groups in total. The highest BCUT2D eigenvalue weighted by molar-refractivity contribution is 6.33. The number of carbonyl (C=O) groups excluding carboxylic acids is 1. The lowest BCUT2D eigenvalue weighted by Crippen LogP contribution is -2.24. The molecule has 10 nitrogen and oxygen atoms in total. The minimum absolute atomic E-state index is 0.0252. The van der Waals surface area contributed by atoms with E-state index in [0.717, 1.165) is 4.80 Å². The lowest BCUT2D eigenvalue weighted by atomic mass is 10.2. The van der Waals surface area contributed by atoms with Crippen molar-refractivity contribution in [2.45, 2.75) is 6.54 Å². The number of aromatic nitrogens is 4. The summed E-state index contributed by atoms with van der Waals surface area (Å²) < 4.78 is 0. The molecule has 1 aromatic heterocycles. The number of tetrazole rings is 1. The molecular formula is C16H12ClN7O3. The van der Waals surface area contributed by atoms with Gasteiger partial charge in [-0.05, 0) is 35.0 Å². The van der Waals surface area contributed by atoms with Gasteiger partial charge in [-0.2, -0.15) is 9.90 Å². The minimum Gasteiger partial charge on any atom is -0.271 e. The van der Waals surface area contributed by atoms with Crippen molar-refractivity contribution in [3.8, 4) is 11.4 Å². The molecule has 2 aromatic carbocycles. The number of nitrogens with zero attached hydrogens (tertiary/aromatic N) is 6. The quantitative estimate of drug-likeness (QED) is 0.393. The van der Waals surface area contributed by atoms with Crippen LogP contribution in [0.15, 0.2) is 53.6 Å². The molecule has 11 heteroatoms. The number of carbonyl (C=O) groups is 1. The van der Waals surface area contributed by atoms with E-state index in [2.05, 4.69) is 25.9 Å². The predicted octanol–water partition coefficient (Wildman–Crippen LogP) is 2.05. The molecule has 0 aliphatic heterocycles. The van der Waals surface area contributed by atoms with E-state index in [1.54, 1.807) is 24.3 Å². The normalized spacial score (nSPS) is 10.9. The van der Waals surface area contributed by atoms with Gasteiger partial charge in [-0.3, -0.25) is 14.9 Å². The topological polar surface area (TPSA) is 128 Å². The number of benzene rings is 2. The molecular weight excluding hydrogens is 374 g/mol. The summed E-state index contributed by atoms with van der Waals surface area (Å²) in [6.07, 6.45) is 1.37. The Hall–Kier alpha value is -3.66. The zero-order valence-electron chi connectivity index (χ0n) is 13.7. The van der Waals surface area contributed by atoms with Crippen molar-refractivity contribution in [3.05, 3.63) is 69.2 Å². The van der Waals surface area contributed by atoms with Gasteiger partial charge in [0.25, 0.3) is 11.6 Å². The summed E-state index contributed by atoms with van der Waals surface area (Å²) in [6.45, 7) is -0.185. The maximum Gasteiger partial charge on any atom is 0.269 e. The van der Waals surface area contributed by atoms with E-state index in [9.17, 15) is 14.9 Å². The van der Waals surface area contributed by atoms with Crippen molar-refractivity contribution in [2.24, 2.45) is 5.10 Å². The molecule has 0 aliphatic carbocycles. The highest BCUT2D eigenvalue weighted by Crippen LogP contribution is 2.23. The van der Waals surface area contributed by atoms with Crippen LogP contribution in [-0.2, 0) is 11.3 Å². The summed E-state index contributed by atoms with van der Waals surface area (Å²) in [5.41, 5.74) is 3.51. The fourth-order valence-corrected chi connectivity index (χ4v) is 2.31. The molecule has 3 rings (SSSR count). The zero-order chi connectivity index (χ0) is 19.2. The molecule has 0 unspecified atom stereocenters. The SMILES string of the molecule is O=C(Cn1nnc(-c2ccccc2Cl)n1)NN=Cc1ccc([N+](=O)[O-])cc1. The molecule has 0 saturated heterocycles.